The van der Waals surface area contributed by atoms with Gasteiger partial charge in [-0.3, -0.25) is 4.57 Å². The molecule has 0 saturated heterocycles. The van der Waals surface area contributed by atoms with Gasteiger partial charge in [-0.1, -0.05) is 44.9 Å². The van der Waals surface area contributed by atoms with Crippen LogP contribution in [0.5, 0.6) is 0 Å². The first kappa shape index (κ1) is 15.4. The average Bonchev–Trinajstić information content (AvgIpc) is 2.30. The lowest BCUT2D eigenvalue weighted by Gasteiger charge is -2.09. The van der Waals surface area contributed by atoms with Gasteiger partial charge in [-0.15, -0.1) is 0 Å². The van der Waals surface area contributed by atoms with E-state index in [1.165, 1.54) is 12.8 Å². The fraction of sp³-hybridized carbons (Fsp3) is 0.500. The normalized spacial score (nSPS) is 13.5. The first-order chi connectivity index (χ1) is 7.58. The van der Waals surface area contributed by atoms with E-state index in [0.717, 1.165) is 0 Å². The molecule has 4 heteroatoms. The van der Waals surface area contributed by atoms with E-state index in [-0.39, 0.29) is 6.61 Å². The zero-order valence-corrected chi connectivity index (χ0v) is 11.1. The van der Waals surface area contributed by atoms with Crippen LogP contribution in [0.25, 0.3) is 0 Å². The second kappa shape index (κ2) is 8.51. The van der Waals surface area contributed by atoms with Gasteiger partial charge in [0.25, 0.3) is 0 Å². The quantitative estimate of drug-likeness (QED) is 0.826. The molecule has 0 spiro atoms. The Morgan fingerprint density at radius 2 is 1.62 bits per heavy atom. The fourth-order valence-electron chi connectivity index (χ4n) is 0.866. The molecule has 0 aliphatic heterocycles. The summed E-state index contributed by atoms with van der Waals surface area (Å²) in [5.41, 5.74) is 0. The van der Waals surface area contributed by atoms with E-state index in [1.807, 2.05) is 0 Å². The van der Waals surface area contributed by atoms with Gasteiger partial charge in [0.15, 0.2) is 0 Å². The van der Waals surface area contributed by atoms with Gasteiger partial charge in [-0.2, -0.15) is 0 Å². The van der Waals surface area contributed by atoms with Crippen LogP contribution >= 0.6 is 7.60 Å². The number of unbranched alkanes of at least 4 members (excludes halogenated alkanes) is 1. The van der Waals surface area contributed by atoms with Gasteiger partial charge in [-0.25, -0.2) is 0 Å². The predicted molar refractivity (Wildman–Crippen MR) is 68.1 cm³/mol. The first-order valence-corrected chi connectivity index (χ1v) is 7.19. The van der Waals surface area contributed by atoms with Crippen LogP contribution in [0.3, 0.4) is 0 Å². The highest BCUT2D eigenvalue weighted by atomic mass is 31.2. The largest absolute Gasteiger partial charge is 0.358 e. The van der Waals surface area contributed by atoms with Gasteiger partial charge in [0, 0.05) is 0 Å². The Morgan fingerprint density at radius 1 is 1.12 bits per heavy atom. The summed E-state index contributed by atoms with van der Waals surface area (Å²) in [5.74, 6) is 0. The summed E-state index contributed by atoms with van der Waals surface area (Å²) < 4.78 is 16.1. The zero-order chi connectivity index (χ0) is 12.4. The maximum Gasteiger partial charge on any atom is 0.358 e. The molecular weight excluding hydrogens is 223 g/mol. The van der Waals surface area contributed by atoms with Gasteiger partial charge in [0.2, 0.25) is 0 Å². The van der Waals surface area contributed by atoms with Crippen LogP contribution in [0, 0.1) is 0 Å². The van der Waals surface area contributed by atoms with Crippen molar-refractivity contribution in [2.75, 3.05) is 6.61 Å². The summed E-state index contributed by atoms with van der Waals surface area (Å²) in [4.78, 5) is 9.32. The Morgan fingerprint density at radius 3 is 2.00 bits per heavy atom. The van der Waals surface area contributed by atoms with Gasteiger partial charge in [-0.05, 0) is 19.1 Å². The lowest BCUT2D eigenvalue weighted by Crippen LogP contribution is -2.05. The van der Waals surface area contributed by atoms with Crippen molar-refractivity contribution in [1.82, 2.24) is 0 Å². The minimum atomic E-state index is -3.54. The van der Waals surface area contributed by atoms with Crippen molar-refractivity contribution in [2.45, 2.75) is 33.6 Å². The van der Waals surface area contributed by atoms with Crippen molar-refractivity contribution in [3.63, 3.8) is 0 Å². The molecule has 0 saturated carbocycles. The monoisotopic (exact) mass is 244 g/mol. The van der Waals surface area contributed by atoms with Crippen molar-refractivity contribution in [2.24, 2.45) is 0 Å². The van der Waals surface area contributed by atoms with E-state index in [2.05, 4.69) is 13.8 Å². The van der Waals surface area contributed by atoms with E-state index in [4.69, 9.17) is 4.52 Å². The summed E-state index contributed by atoms with van der Waals surface area (Å²) in [6, 6.07) is 8.36. The zero-order valence-electron chi connectivity index (χ0n) is 10.2. The van der Waals surface area contributed by atoms with E-state index in [1.54, 1.807) is 37.3 Å². The van der Waals surface area contributed by atoms with Crippen molar-refractivity contribution in [1.29, 1.82) is 0 Å². The number of benzene rings is 1. The van der Waals surface area contributed by atoms with Crippen molar-refractivity contribution < 1.29 is 14.0 Å². The molecule has 1 aromatic carbocycles. The first-order valence-electron chi connectivity index (χ1n) is 5.61. The Kier molecular flexibility index (Phi) is 8.18. The minimum absolute atomic E-state index is 0.239. The second-order valence-electron chi connectivity index (χ2n) is 3.27. The summed E-state index contributed by atoms with van der Waals surface area (Å²) >= 11 is 0. The van der Waals surface area contributed by atoms with Gasteiger partial charge in [0.1, 0.15) is 0 Å². The molecule has 0 fully saturated rings. The van der Waals surface area contributed by atoms with Crippen molar-refractivity contribution >= 4 is 12.9 Å². The molecule has 1 N–H and O–H groups in total. The van der Waals surface area contributed by atoms with Gasteiger partial charge >= 0.3 is 7.60 Å². The third-order valence-electron chi connectivity index (χ3n) is 1.89. The average molecular weight is 244 g/mol. The van der Waals surface area contributed by atoms with Crippen molar-refractivity contribution in [3.8, 4) is 0 Å². The predicted octanol–water partition coefficient (Wildman–Crippen LogP) is 3.34. The highest BCUT2D eigenvalue weighted by Gasteiger charge is 2.20. The number of hydrogen-bond acceptors (Lipinski definition) is 2. The minimum Gasteiger partial charge on any atom is -0.321 e. The summed E-state index contributed by atoms with van der Waals surface area (Å²) in [6.07, 6.45) is 2.64. The summed E-state index contributed by atoms with van der Waals surface area (Å²) in [6.45, 7) is 6.29. The van der Waals surface area contributed by atoms with Gasteiger partial charge < -0.3 is 9.42 Å². The fourth-order valence-corrected chi connectivity index (χ4v) is 1.91. The molecule has 1 aromatic rings. The van der Waals surface area contributed by atoms with E-state index < -0.39 is 7.60 Å². The maximum absolute atomic E-state index is 11.3. The highest BCUT2D eigenvalue weighted by Crippen LogP contribution is 2.39. The lowest BCUT2D eigenvalue weighted by atomic mass is 10.4. The van der Waals surface area contributed by atoms with Crippen LogP contribution < -0.4 is 5.30 Å². The second-order valence-corrected chi connectivity index (χ2v) is 5.09. The third-order valence-corrected chi connectivity index (χ3v) is 3.45. The topological polar surface area (TPSA) is 46.5 Å². The molecule has 16 heavy (non-hydrogen) atoms. The molecule has 0 heterocycles. The molecule has 0 bridgehead atoms. The SMILES string of the molecule is CCCC.CCOP(=O)(O)c1ccccc1. The molecule has 1 rings (SSSR count). The summed E-state index contributed by atoms with van der Waals surface area (Å²) in [5, 5.41) is 0.340. The number of hydrogen-bond donors (Lipinski definition) is 1. The third kappa shape index (κ3) is 6.06. The van der Waals surface area contributed by atoms with E-state index in [9.17, 15) is 9.46 Å². The van der Waals surface area contributed by atoms with E-state index in [0.29, 0.717) is 5.30 Å². The number of rotatable bonds is 4. The Hall–Kier alpha value is -0.630. The summed E-state index contributed by atoms with van der Waals surface area (Å²) in [7, 11) is -3.54. The lowest BCUT2D eigenvalue weighted by molar-refractivity contribution is 0.284. The molecule has 1 unspecified atom stereocenters. The maximum atomic E-state index is 11.3. The van der Waals surface area contributed by atoms with Crippen LogP contribution in [0.15, 0.2) is 30.3 Å². The van der Waals surface area contributed by atoms with Crippen LogP contribution in [0.4, 0.5) is 0 Å². The molecule has 92 valence electrons. The Bertz CT molecular complexity index is 309. The molecule has 3 nitrogen and oxygen atoms in total. The van der Waals surface area contributed by atoms with Gasteiger partial charge in [0.05, 0.1) is 11.9 Å². The van der Waals surface area contributed by atoms with Crippen LogP contribution in [-0.2, 0) is 9.09 Å². The highest BCUT2D eigenvalue weighted by molar-refractivity contribution is 7.61. The molecular formula is C12H21O3P. The van der Waals surface area contributed by atoms with Crippen LogP contribution in [0.1, 0.15) is 33.6 Å². The Balaban J connectivity index is 0.000000487. The molecule has 0 aliphatic carbocycles. The molecule has 0 aromatic heterocycles. The van der Waals surface area contributed by atoms with E-state index >= 15 is 0 Å². The molecule has 1 atom stereocenters. The molecule has 0 radical (unpaired) electrons. The molecule has 0 amide bonds. The Labute approximate surface area is 98.0 Å². The smallest absolute Gasteiger partial charge is 0.321 e. The van der Waals surface area contributed by atoms with Crippen molar-refractivity contribution in [3.05, 3.63) is 30.3 Å². The van der Waals surface area contributed by atoms with Crippen LogP contribution in [-0.4, -0.2) is 11.5 Å². The van der Waals surface area contributed by atoms with Crippen LogP contribution in [0.2, 0.25) is 0 Å². The standard InChI is InChI=1S/C8H11O3P.C4H10/c1-2-11-12(9,10)8-6-4-3-5-7-8;1-3-4-2/h3-7H,2H2,1H3,(H,9,10);3-4H2,1-2H3. The molecule has 0 aliphatic rings.